The number of aryl methyl sites for hydroxylation is 1. The molecule has 0 spiro atoms. The Bertz CT molecular complexity index is 1480. The van der Waals surface area contributed by atoms with Gasteiger partial charge in [-0.15, -0.1) is 4.73 Å². The minimum absolute atomic E-state index is 0.0144. The summed E-state index contributed by atoms with van der Waals surface area (Å²) in [5.41, 5.74) is 0.547. The SMILES string of the molecule is COCCN(C)C(=O)c1cc(Nc2ncc3cc(-c4c(F)cccc4Cl)c(=O)n(OC)c3n2)cn1C. The molecule has 0 radical (unpaired) electrons. The van der Waals surface area contributed by atoms with Crippen LogP contribution in [-0.2, 0) is 11.8 Å². The van der Waals surface area contributed by atoms with Crippen molar-refractivity contribution in [1.29, 1.82) is 0 Å². The van der Waals surface area contributed by atoms with Crippen LogP contribution in [0.2, 0.25) is 5.02 Å². The number of fused-ring (bicyclic) bond motifs is 1. The number of amides is 1. The Morgan fingerprint density at radius 2 is 2.06 bits per heavy atom. The van der Waals surface area contributed by atoms with Gasteiger partial charge in [0.15, 0.2) is 5.65 Å². The van der Waals surface area contributed by atoms with Crippen LogP contribution in [0.15, 0.2) is 47.5 Å². The topological polar surface area (TPSA) is 104 Å². The number of anilines is 2. The molecule has 4 rings (SSSR count). The van der Waals surface area contributed by atoms with Crippen LogP contribution in [0, 0.1) is 5.82 Å². The number of halogens is 2. The van der Waals surface area contributed by atoms with Gasteiger partial charge in [-0.1, -0.05) is 17.7 Å². The normalized spacial score (nSPS) is 11.1. The third kappa shape index (κ3) is 4.75. The van der Waals surface area contributed by atoms with Gasteiger partial charge in [-0.05, 0) is 24.3 Å². The summed E-state index contributed by atoms with van der Waals surface area (Å²) in [7, 11) is 6.33. The highest BCUT2D eigenvalue weighted by Gasteiger charge is 2.20. The second kappa shape index (κ2) is 10.3. The van der Waals surface area contributed by atoms with Crippen LogP contribution in [0.5, 0.6) is 0 Å². The van der Waals surface area contributed by atoms with Gasteiger partial charge in [0, 0.05) is 51.1 Å². The van der Waals surface area contributed by atoms with Crippen LogP contribution in [-0.4, -0.2) is 64.5 Å². The van der Waals surface area contributed by atoms with Crippen molar-refractivity contribution in [1.82, 2.24) is 24.2 Å². The summed E-state index contributed by atoms with van der Waals surface area (Å²) >= 11 is 6.17. The summed E-state index contributed by atoms with van der Waals surface area (Å²) in [5.74, 6) is -0.639. The third-order valence-corrected chi connectivity index (χ3v) is 5.89. The molecule has 0 aliphatic carbocycles. The van der Waals surface area contributed by atoms with Crippen molar-refractivity contribution in [3.8, 4) is 11.1 Å². The molecule has 1 aromatic carbocycles. The standard InChI is InChI=1S/C24H24ClFN6O4/c1-30(8-9-35-3)23(34)19-11-15(13-31(19)2)28-24-27-12-14-10-16(20-17(25)6-5-7-18(20)26)22(33)32(36-4)21(14)29-24/h5-7,10-13H,8-9H2,1-4H3,(H,27,28,29). The molecule has 36 heavy (non-hydrogen) atoms. The number of nitrogens with one attached hydrogen (secondary N) is 1. The molecule has 1 N–H and O–H groups in total. The van der Waals surface area contributed by atoms with Crippen LogP contribution in [0.25, 0.3) is 22.2 Å². The second-order valence-corrected chi connectivity index (χ2v) is 8.39. The van der Waals surface area contributed by atoms with Gasteiger partial charge in [-0.2, -0.15) is 4.98 Å². The number of likely N-dealkylation sites (N-methyl/N-ethyl adjacent to an activating group) is 1. The summed E-state index contributed by atoms with van der Waals surface area (Å²) in [5, 5.41) is 3.56. The molecule has 0 unspecified atom stereocenters. The lowest BCUT2D eigenvalue weighted by Gasteiger charge is -2.16. The highest BCUT2D eigenvalue weighted by atomic mass is 35.5. The molecule has 4 aromatic rings. The first-order valence-electron chi connectivity index (χ1n) is 10.8. The van der Waals surface area contributed by atoms with Crippen LogP contribution >= 0.6 is 11.6 Å². The Labute approximate surface area is 210 Å². The van der Waals surface area contributed by atoms with Gasteiger partial charge >= 0.3 is 0 Å². The van der Waals surface area contributed by atoms with Gasteiger partial charge in [0.2, 0.25) is 5.95 Å². The van der Waals surface area contributed by atoms with E-state index in [-0.39, 0.29) is 33.7 Å². The van der Waals surface area contributed by atoms with E-state index in [1.807, 2.05) is 0 Å². The third-order valence-electron chi connectivity index (χ3n) is 5.58. The number of hydrogen-bond acceptors (Lipinski definition) is 7. The Hall–Kier alpha value is -3.96. The van der Waals surface area contributed by atoms with Crippen molar-refractivity contribution in [2.75, 3.05) is 39.7 Å². The fraction of sp³-hybridized carbons (Fsp3) is 0.250. The Morgan fingerprint density at radius 1 is 1.28 bits per heavy atom. The zero-order valence-electron chi connectivity index (χ0n) is 20.1. The van der Waals surface area contributed by atoms with Crippen LogP contribution in [0.3, 0.4) is 0 Å². The first kappa shape index (κ1) is 25.1. The van der Waals surface area contributed by atoms with Crippen molar-refractivity contribution in [3.05, 3.63) is 69.6 Å². The first-order valence-corrected chi connectivity index (χ1v) is 11.2. The molecule has 0 saturated carbocycles. The summed E-state index contributed by atoms with van der Waals surface area (Å²) in [4.78, 5) is 41.4. The lowest BCUT2D eigenvalue weighted by Crippen LogP contribution is -2.31. The lowest BCUT2D eigenvalue weighted by atomic mass is 10.1. The predicted octanol–water partition coefficient (Wildman–Crippen LogP) is 3.11. The van der Waals surface area contributed by atoms with Crippen LogP contribution < -0.4 is 15.7 Å². The molecule has 3 heterocycles. The predicted molar refractivity (Wildman–Crippen MR) is 134 cm³/mol. The number of hydrogen-bond donors (Lipinski definition) is 1. The molecular weight excluding hydrogens is 491 g/mol. The fourth-order valence-electron chi connectivity index (χ4n) is 3.73. The van der Waals surface area contributed by atoms with E-state index in [9.17, 15) is 14.0 Å². The van der Waals surface area contributed by atoms with Gasteiger partial charge in [0.25, 0.3) is 11.5 Å². The number of aromatic nitrogens is 4. The van der Waals surface area contributed by atoms with E-state index in [0.717, 1.165) is 4.73 Å². The highest BCUT2D eigenvalue weighted by Crippen LogP contribution is 2.30. The average molecular weight is 515 g/mol. The molecule has 10 nitrogen and oxygen atoms in total. The molecule has 0 aliphatic rings. The van der Waals surface area contributed by atoms with Crippen molar-refractivity contribution >= 4 is 40.2 Å². The minimum atomic E-state index is -0.636. The molecule has 0 bridgehead atoms. The van der Waals surface area contributed by atoms with Crippen LogP contribution in [0.4, 0.5) is 16.0 Å². The lowest BCUT2D eigenvalue weighted by molar-refractivity contribution is 0.0735. The van der Waals surface area contributed by atoms with Gasteiger partial charge in [-0.3, -0.25) is 9.59 Å². The average Bonchev–Trinajstić information content (AvgIpc) is 3.22. The van der Waals surface area contributed by atoms with Gasteiger partial charge in [0.1, 0.15) is 18.6 Å². The highest BCUT2D eigenvalue weighted by molar-refractivity contribution is 6.33. The fourth-order valence-corrected chi connectivity index (χ4v) is 4.00. The van der Waals surface area contributed by atoms with E-state index in [2.05, 4.69) is 15.3 Å². The van der Waals surface area contributed by atoms with E-state index in [1.54, 1.807) is 42.9 Å². The van der Waals surface area contributed by atoms with Gasteiger partial charge < -0.3 is 24.4 Å². The first-order chi connectivity index (χ1) is 17.2. The number of carbonyl (C=O) groups excluding carboxylic acids is 1. The second-order valence-electron chi connectivity index (χ2n) is 7.98. The molecule has 0 saturated heterocycles. The van der Waals surface area contributed by atoms with Crippen molar-refractivity contribution < 1.29 is 18.8 Å². The maximum atomic E-state index is 14.5. The Kier molecular flexibility index (Phi) is 7.22. The number of pyridine rings is 1. The molecule has 12 heteroatoms. The smallest absolute Gasteiger partial charge is 0.293 e. The molecule has 3 aromatic heterocycles. The Morgan fingerprint density at radius 3 is 2.75 bits per heavy atom. The number of rotatable bonds is 8. The largest absolute Gasteiger partial charge is 0.412 e. The maximum absolute atomic E-state index is 14.5. The molecule has 0 aliphatic heterocycles. The summed E-state index contributed by atoms with van der Waals surface area (Å²) in [6.07, 6.45) is 3.20. The quantitative estimate of drug-likeness (QED) is 0.385. The molecular formula is C24H24ClFN6O4. The number of carbonyl (C=O) groups is 1. The molecule has 0 fully saturated rings. The van der Waals surface area contributed by atoms with Crippen molar-refractivity contribution in [3.63, 3.8) is 0 Å². The van der Waals surface area contributed by atoms with Gasteiger partial charge in [-0.25, -0.2) is 9.37 Å². The molecule has 1 amide bonds. The van der Waals surface area contributed by atoms with E-state index in [1.165, 1.54) is 37.6 Å². The van der Waals surface area contributed by atoms with E-state index < -0.39 is 11.4 Å². The zero-order valence-corrected chi connectivity index (χ0v) is 20.8. The Balaban J connectivity index is 1.69. The van der Waals surface area contributed by atoms with Crippen molar-refractivity contribution in [2.45, 2.75) is 0 Å². The summed E-state index contributed by atoms with van der Waals surface area (Å²) < 4.78 is 22.2. The monoisotopic (exact) mass is 514 g/mol. The number of methoxy groups -OCH3 is 1. The number of benzene rings is 1. The zero-order chi connectivity index (χ0) is 26.0. The number of ether oxygens (including phenoxy) is 1. The number of nitrogens with zero attached hydrogens (tertiary/aromatic N) is 5. The molecule has 188 valence electrons. The summed E-state index contributed by atoms with van der Waals surface area (Å²) in [6, 6.07) is 7.32. The maximum Gasteiger partial charge on any atom is 0.293 e. The van der Waals surface area contributed by atoms with Gasteiger partial charge in [0.05, 0.1) is 22.9 Å². The van der Waals surface area contributed by atoms with Crippen molar-refractivity contribution in [2.24, 2.45) is 7.05 Å². The van der Waals surface area contributed by atoms with E-state index in [0.29, 0.717) is 29.9 Å². The molecule has 0 atom stereocenters. The van der Waals surface area contributed by atoms with E-state index >= 15 is 0 Å². The van der Waals surface area contributed by atoms with Crippen LogP contribution in [0.1, 0.15) is 10.5 Å². The van der Waals surface area contributed by atoms with E-state index in [4.69, 9.17) is 21.2 Å². The minimum Gasteiger partial charge on any atom is -0.412 e. The summed E-state index contributed by atoms with van der Waals surface area (Å²) in [6.45, 7) is 0.875.